The molecule has 148 valence electrons. The molecule has 2 aliphatic heterocycles. The van der Waals surface area contributed by atoms with Gasteiger partial charge in [0.25, 0.3) is 0 Å². The second-order valence-corrected chi connectivity index (χ2v) is 7.28. The average molecular weight is 391 g/mol. The van der Waals surface area contributed by atoms with E-state index < -0.39 is 0 Å². The maximum atomic E-state index is 12.8. The number of nitrogens with one attached hydrogen (secondary N) is 1. The van der Waals surface area contributed by atoms with E-state index in [4.69, 9.17) is 9.47 Å². The van der Waals surface area contributed by atoms with E-state index in [2.05, 4.69) is 25.2 Å². The number of carbonyl (C=O) groups excluding carboxylic acids is 1. The van der Waals surface area contributed by atoms with Crippen LogP contribution in [-0.4, -0.2) is 40.7 Å². The van der Waals surface area contributed by atoms with E-state index in [9.17, 15) is 4.79 Å². The molecule has 5 rings (SSSR count). The number of anilines is 1. The minimum atomic E-state index is -0.0599. The van der Waals surface area contributed by atoms with Crippen molar-refractivity contribution in [2.45, 2.75) is 19.4 Å². The van der Waals surface area contributed by atoms with Crippen LogP contribution in [0.5, 0.6) is 11.5 Å². The van der Waals surface area contributed by atoms with Gasteiger partial charge in [0.2, 0.25) is 12.7 Å². The Balaban J connectivity index is 1.23. The number of pyridine rings is 1. The van der Waals surface area contributed by atoms with Crippen LogP contribution in [-0.2, 0) is 11.3 Å². The Morgan fingerprint density at radius 1 is 1.14 bits per heavy atom. The molecule has 2 aliphatic rings. The van der Waals surface area contributed by atoms with Crippen LogP contribution in [0.3, 0.4) is 0 Å². The Morgan fingerprint density at radius 2 is 2.03 bits per heavy atom. The third kappa shape index (κ3) is 3.65. The number of amides is 1. The Bertz CT molecular complexity index is 1060. The quantitative estimate of drug-likeness (QED) is 0.730. The smallest absolute Gasteiger partial charge is 0.231 e. The fourth-order valence-corrected chi connectivity index (χ4v) is 3.83. The molecule has 3 aromatic rings. The SMILES string of the molecule is O=C(NCc1ccc2c(c1)OCO2)[C@H]1CCCN(c2cnc3nccnc3c2)C1. The molecule has 4 heterocycles. The molecule has 1 N–H and O–H groups in total. The molecular formula is C21H21N5O3. The van der Waals surface area contributed by atoms with Crippen LogP contribution < -0.4 is 19.7 Å². The van der Waals surface area contributed by atoms with Gasteiger partial charge >= 0.3 is 0 Å². The standard InChI is InChI=1S/C21H21N5O3/c27-21(25-10-14-3-4-18-19(8-14)29-13-28-18)15-2-1-7-26(12-15)16-9-17-20(24-11-16)23-6-5-22-17/h3-6,8-9,11,15H,1-2,7,10,12-13H2,(H,25,27)/t15-/m0/s1. The summed E-state index contributed by atoms with van der Waals surface area (Å²) in [6.45, 7) is 2.29. The molecule has 2 aromatic heterocycles. The van der Waals surface area contributed by atoms with Gasteiger partial charge in [-0.2, -0.15) is 0 Å². The summed E-state index contributed by atoms with van der Waals surface area (Å²) in [5, 5.41) is 3.06. The van der Waals surface area contributed by atoms with E-state index >= 15 is 0 Å². The zero-order chi connectivity index (χ0) is 19.6. The normalized spacial score (nSPS) is 18.1. The van der Waals surface area contributed by atoms with Gasteiger partial charge in [0.05, 0.1) is 17.8 Å². The largest absolute Gasteiger partial charge is 0.454 e. The van der Waals surface area contributed by atoms with Gasteiger partial charge in [0, 0.05) is 32.0 Å². The average Bonchev–Trinajstić information content (AvgIpc) is 3.25. The number of nitrogens with zero attached hydrogens (tertiary/aromatic N) is 4. The van der Waals surface area contributed by atoms with Crippen LogP contribution in [0.4, 0.5) is 5.69 Å². The molecule has 29 heavy (non-hydrogen) atoms. The summed E-state index contributed by atoms with van der Waals surface area (Å²) in [5.74, 6) is 1.49. The zero-order valence-electron chi connectivity index (χ0n) is 15.9. The van der Waals surface area contributed by atoms with Crippen LogP contribution in [0, 0.1) is 5.92 Å². The van der Waals surface area contributed by atoms with Crippen molar-refractivity contribution in [3.05, 3.63) is 48.4 Å². The monoisotopic (exact) mass is 391 g/mol. The Hall–Kier alpha value is -3.42. The molecule has 0 saturated carbocycles. The maximum absolute atomic E-state index is 12.8. The molecule has 1 amide bonds. The molecule has 1 atom stereocenters. The second-order valence-electron chi connectivity index (χ2n) is 7.28. The van der Waals surface area contributed by atoms with Gasteiger partial charge < -0.3 is 19.7 Å². The van der Waals surface area contributed by atoms with Crippen molar-refractivity contribution in [3.8, 4) is 11.5 Å². The van der Waals surface area contributed by atoms with Crippen molar-refractivity contribution >= 4 is 22.8 Å². The summed E-state index contributed by atoms with van der Waals surface area (Å²) < 4.78 is 10.7. The molecular weight excluding hydrogens is 370 g/mol. The lowest BCUT2D eigenvalue weighted by Gasteiger charge is -2.33. The summed E-state index contributed by atoms with van der Waals surface area (Å²) in [6.07, 6.45) is 6.95. The highest BCUT2D eigenvalue weighted by molar-refractivity contribution is 5.80. The van der Waals surface area contributed by atoms with E-state index in [1.165, 1.54) is 0 Å². The summed E-state index contributed by atoms with van der Waals surface area (Å²) in [4.78, 5) is 27.9. The third-order valence-electron chi connectivity index (χ3n) is 5.37. The van der Waals surface area contributed by atoms with Crippen molar-refractivity contribution in [3.63, 3.8) is 0 Å². The predicted octanol–water partition coefficient (Wildman–Crippen LogP) is 2.29. The number of piperidine rings is 1. The van der Waals surface area contributed by atoms with Crippen LogP contribution in [0.2, 0.25) is 0 Å². The molecule has 0 bridgehead atoms. The highest BCUT2D eigenvalue weighted by Gasteiger charge is 2.26. The Kier molecular flexibility index (Phi) is 4.59. The van der Waals surface area contributed by atoms with Crippen molar-refractivity contribution in [1.82, 2.24) is 20.3 Å². The van der Waals surface area contributed by atoms with Gasteiger partial charge in [-0.25, -0.2) is 9.97 Å². The first kappa shape index (κ1) is 17.7. The van der Waals surface area contributed by atoms with E-state index in [1.807, 2.05) is 30.5 Å². The maximum Gasteiger partial charge on any atom is 0.231 e. The lowest BCUT2D eigenvalue weighted by Crippen LogP contribution is -2.43. The van der Waals surface area contributed by atoms with E-state index in [-0.39, 0.29) is 18.6 Å². The van der Waals surface area contributed by atoms with Gasteiger partial charge in [0.15, 0.2) is 17.1 Å². The summed E-state index contributed by atoms with van der Waals surface area (Å²) in [6, 6.07) is 7.73. The highest BCUT2D eigenvalue weighted by atomic mass is 16.7. The minimum Gasteiger partial charge on any atom is -0.454 e. The first-order chi connectivity index (χ1) is 14.3. The van der Waals surface area contributed by atoms with Crippen LogP contribution in [0.15, 0.2) is 42.9 Å². The van der Waals surface area contributed by atoms with Crippen molar-refractivity contribution in [2.75, 3.05) is 24.8 Å². The molecule has 1 aromatic carbocycles. The van der Waals surface area contributed by atoms with Gasteiger partial charge in [-0.1, -0.05) is 6.07 Å². The fourth-order valence-electron chi connectivity index (χ4n) is 3.83. The number of carbonyl (C=O) groups is 1. The van der Waals surface area contributed by atoms with E-state index in [0.29, 0.717) is 18.7 Å². The van der Waals surface area contributed by atoms with Crippen molar-refractivity contribution in [1.29, 1.82) is 0 Å². The molecule has 0 radical (unpaired) electrons. The van der Waals surface area contributed by atoms with Crippen LogP contribution >= 0.6 is 0 Å². The summed E-state index contributed by atoms with van der Waals surface area (Å²) in [7, 11) is 0. The Morgan fingerprint density at radius 3 is 3.00 bits per heavy atom. The number of benzene rings is 1. The van der Waals surface area contributed by atoms with Gasteiger partial charge in [-0.15, -0.1) is 0 Å². The first-order valence-corrected chi connectivity index (χ1v) is 9.74. The second kappa shape index (κ2) is 7.54. The molecule has 0 unspecified atom stereocenters. The summed E-state index contributed by atoms with van der Waals surface area (Å²) >= 11 is 0. The van der Waals surface area contributed by atoms with Crippen molar-refractivity contribution in [2.24, 2.45) is 5.92 Å². The van der Waals surface area contributed by atoms with E-state index in [1.54, 1.807) is 12.4 Å². The molecule has 8 nitrogen and oxygen atoms in total. The fraction of sp³-hybridized carbons (Fsp3) is 0.333. The molecule has 1 saturated heterocycles. The van der Waals surface area contributed by atoms with Gasteiger partial charge in [-0.05, 0) is 36.6 Å². The molecule has 0 aliphatic carbocycles. The molecule has 0 spiro atoms. The number of hydrogen-bond acceptors (Lipinski definition) is 7. The van der Waals surface area contributed by atoms with Crippen molar-refractivity contribution < 1.29 is 14.3 Å². The highest BCUT2D eigenvalue weighted by Crippen LogP contribution is 2.32. The number of fused-ring (bicyclic) bond motifs is 2. The summed E-state index contributed by atoms with van der Waals surface area (Å²) in [5.41, 5.74) is 3.37. The van der Waals surface area contributed by atoms with Gasteiger partial charge in [0.1, 0.15) is 5.52 Å². The zero-order valence-corrected chi connectivity index (χ0v) is 15.9. The van der Waals surface area contributed by atoms with E-state index in [0.717, 1.165) is 47.7 Å². The minimum absolute atomic E-state index is 0.0599. The van der Waals surface area contributed by atoms with Crippen LogP contribution in [0.1, 0.15) is 18.4 Å². The molecule has 1 fully saturated rings. The van der Waals surface area contributed by atoms with Gasteiger partial charge in [-0.3, -0.25) is 9.78 Å². The number of ether oxygens (including phenoxy) is 2. The lowest BCUT2D eigenvalue weighted by molar-refractivity contribution is -0.125. The first-order valence-electron chi connectivity index (χ1n) is 9.74. The van der Waals surface area contributed by atoms with Crippen LogP contribution in [0.25, 0.3) is 11.2 Å². The predicted molar refractivity (Wildman–Crippen MR) is 107 cm³/mol. The molecule has 8 heteroatoms. The third-order valence-corrected chi connectivity index (χ3v) is 5.37. The number of aromatic nitrogens is 3. The lowest BCUT2D eigenvalue weighted by atomic mass is 9.96. The topological polar surface area (TPSA) is 89.5 Å². The number of hydrogen-bond donors (Lipinski definition) is 1. The number of rotatable bonds is 4. The Labute approximate surface area is 167 Å².